The zero-order valence-corrected chi connectivity index (χ0v) is 14.0. The molecule has 112 valence electrons. The van der Waals surface area contributed by atoms with Crippen LogP contribution in [0.1, 0.15) is 26.7 Å². The minimum Gasteiger partial charge on any atom is -0.492 e. The summed E-state index contributed by atoms with van der Waals surface area (Å²) < 4.78 is 6.91. The second-order valence-corrected chi connectivity index (χ2v) is 6.60. The summed E-state index contributed by atoms with van der Waals surface area (Å²) in [6, 6.07) is 9.25. The van der Waals surface area contributed by atoms with Gasteiger partial charge in [-0.15, -0.1) is 0 Å². The lowest BCUT2D eigenvalue weighted by atomic mass is 10.2. The molecule has 3 nitrogen and oxygen atoms in total. The molecule has 4 heteroatoms. The van der Waals surface area contributed by atoms with Crippen molar-refractivity contribution in [1.82, 2.24) is 10.2 Å². The Morgan fingerprint density at radius 3 is 2.70 bits per heavy atom. The molecule has 0 radical (unpaired) electrons. The van der Waals surface area contributed by atoms with E-state index in [1.54, 1.807) is 0 Å². The van der Waals surface area contributed by atoms with E-state index in [4.69, 9.17) is 4.74 Å². The Labute approximate surface area is 130 Å². The maximum absolute atomic E-state index is 5.82. The predicted molar refractivity (Wildman–Crippen MR) is 87.4 cm³/mol. The molecule has 1 atom stereocenters. The van der Waals surface area contributed by atoms with Gasteiger partial charge in [-0.05, 0) is 57.5 Å². The van der Waals surface area contributed by atoms with Crippen molar-refractivity contribution in [2.45, 2.75) is 38.8 Å². The van der Waals surface area contributed by atoms with Crippen molar-refractivity contribution >= 4 is 15.9 Å². The second kappa shape index (κ2) is 8.01. The molecule has 1 aliphatic heterocycles. The zero-order valence-electron chi connectivity index (χ0n) is 12.4. The molecule has 1 heterocycles. The fourth-order valence-electron chi connectivity index (χ4n) is 2.57. The van der Waals surface area contributed by atoms with E-state index in [9.17, 15) is 0 Å². The van der Waals surface area contributed by atoms with E-state index in [1.807, 2.05) is 24.3 Å². The Morgan fingerprint density at radius 1 is 1.35 bits per heavy atom. The van der Waals surface area contributed by atoms with Crippen LogP contribution in [0.3, 0.4) is 0 Å². The fraction of sp³-hybridized carbons (Fsp3) is 0.625. The summed E-state index contributed by atoms with van der Waals surface area (Å²) in [5.41, 5.74) is 0. The van der Waals surface area contributed by atoms with Gasteiger partial charge in [0.25, 0.3) is 0 Å². The molecule has 1 saturated heterocycles. The Bertz CT molecular complexity index is 388. The van der Waals surface area contributed by atoms with Gasteiger partial charge in [0.1, 0.15) is 12.4 Å². The van der Waals surface area contributed by atoms with Gasteiger partial charge in [0.15, 0.2) is 0 Å². The van der Waals surface area contributed by atoms with Crippen LogP contribution >= 0.6 is 15.9 Å². The van der Waals surface area contributed by atoms with Crippen LogP contribution in [0.25, 0.3) is 0 Å². The minimum absolute atomic E-state index is 0.561. The van der Waals surface area contributed by atoms with Gasteiger partial charge in [0, 0.05) is 29.6 Å². The molecule has 1 aliphatic rings. The van der Waals surface area contributed by atoms with Gasteiger partial charge < -0.3 is 10.1 Å². The average molecular weight is 341 g/mol. The van der Waals surface area contributed by atoms with E-state index in [0.29, 0.717) is 12.1 Å². The quantitative estimate of drug-likeness (QED) is 0.824. The summed E-state index contributed by atoms with van der Waals surface area (Å²) in [6.45, 7) is 8.54. The van der Waals surface area contributed by atoms with Crippen molar-refractivity contribution in [3.8, 4) is 5.75 Å². The highest BCUT2D eigenvalue weighted by Gasteiger charge is 2.19. The first-order valence-corrected chi connectivity index (χ1v) is 8.30. The van der Waals surface area contributed by atoms with Gasteiger partial charge in [-0.3, -0.25) is 4.90 Å². The number of benzene rings is 1. The fourth-order valence-corrected chi connectivity index (χ4v) is 2.83. The van der Waals surface area contributed by atoms with Crippen molar-refractivity contribution in [2.75, 3.05) is 26.2 Å². The smallest absolute Gasteiger partial charge is 0.119 e. The van der Waals surface area contributed by atoms with E-state index in [1.165, 1.54) is 19.4 Å². The number of nitrogens with one attached hydrogen (secondary N) is 1. The van der Waals surface area contributed by atoms with Gasteiger partial charge >= 0.3 is 0 Å². The average Bonchev–Trinajstić information content (AvgIpc) is 2.92. The molecule has 1 unspecified atom stereocenters. The molecular weight excluding hydrogens is 316 g/mol. The molecule has 20 heavy (non-hydrogen) atoms. The highest BCUT2D eigenvalue weighted by atomic mass is 79.9. The normalized spacial score (nSPS) is 18.9. The molecule has 2 rings (SSSR count). The Kier molecular flexibility index (Phi) is 6.33. The van der Waals surface area contributed by atoms with Gasteiger partial charge in [-0.1, -0.05) is 15.9 Å². The van der Waals surface area contributed by atoms with Crippen LogP contribution in [-0.4, -0.2) is 43.2 Å². The van der Waals surface area contributed by atoms with Crippen LogP contribution in [0.4, 0.5) is 0 Å². The Hall–Kier alpha value is -0.580. The van der Waals surface area contributed by atoms with Crippen LogP contribution in [-0.2, 0) is 0 Å². The van der Waals surface area contributed by atoms with Crippen LogP contribution in [0.2, 0.25) is 0 Å². The number of ether oxygens (including phenoxy) is 1. The first-order chi connectivity index (χ1) is 9.65. The van der Waals surface area contributed by atoms with Gasteiger partial charge in [0.2, 0.25) is 0 Å². The van der Waals surface area contributed by atoms with Gasteiger partial charge in [-0.25, -0.2) is 0 Å². The number of hydrogen-bond acceptors (Lipinski definition) is 3. The van der Waals surface area contributed by atoms with E-state index >= 15 is 0 Å². The third-order valence-corrected chi connectivity index (χ3v) is 4.34. The number of hydrogen-bond donors (Lipinski definition) is 1. The van der Waals surface area contributed by atoms with Crippen molar-refractivity contribution in [2.24, 2.45) is 0 Å². The van der Waals surface area contributed by atoms with Crippen molar-refractivity contribution in [3.05, 3.63) is 28.7 Å². The van der Waals surface area contributed by atoms with Gasteiger partial charge in [-0.2, -0.15) is 0 Å². The summed E-state index contributed by atoms with van der Waals surface area (Å²) in [4.78, 5) is 2.50. The molecule has 1 aromatic carbocycles. The largest absolute Gasteiger partial charge is 0.492 e. The topological polar surface area (TPSA) is 24.5 Å². The van der Waals surface area contributed by atoms with Crippen molar-refractivity contribution in [3.63, 3.8) is 0 Å². The third kappa shape index (κ3) is 5.08. The van der Waals surface area contributed by atoms with E-state index in [-0.39, 0.29) is 0 Å². The molecule has 0 spiro atoms. The molecule has 0 bridgehead atoms. The summed E-state index contributed by atoms with van der Waals surface area (Å²) in [5.74, 6) is 0.941. The van der Waals surface area contributed by atoms with E-state index < -0.39 is 0 Å². The van der Waals surface area contributed by atoms with Crippen molar-refractivity contribution < 1.29 is 4.74 Å². The summed E-state index contributed by atoms with van der Waals surface area (Å²) in [5, 5.41) is 3.57. The lowest BCUT2D eigenvalue weighted by Crippen LogP contribution is -2.43. The van der Waals surface area contributed by atoms with Crippen LogP contribution < -0.4 is 10.1 Å². The molecule has 0 aromatic heterocycles. The lowest BCUT2D eigenvalue weighted by Gasteiger charge is -2.29. The first kappa shape index (κ1) is 15.8. The molecule has 1 N–H and O–H groups in total. The molecule has 0 amide bonds. The SMILES string of the molecule is CC(C)N(CCOc1ccc(Br)cc1)CC1CCCN1. The second-order valence-electron chi connectivity index (χ2n) is 5.68. The minimum atomic E-state index is 0.561. The molecule has 0 saturated carbocycles. The Morgan fingerprint density at radius 2 is 2.10 bits per heavy atom. The zero-order chi connectivity index (χ0) is 14.4. The number of nitrogens with zero attached hydrogens (tertiary/aromatic N) is 1. The van der Waals surface area contributed by atoms with Crippen LogP contribution in [0, 0.1) is 0 Å². The molecular formula is C16H25BrN2O. The highest BCUT2D eigenvalue weighted by Crippen LogP contribution is 2.16. The lowest BCUT2D eigenvalue weighted by molar-refractivity contribution is 0.164. The van der Waals surface area contributed by atoms with E-state index in [0.717, 1.165) is 29.9 Å². The number of rotatable bonds is 7. The molecule has 1 aromatic rings. The Balaban J connectivity index is 1.75. The predicted octanol–water partition coefficient (Wildman–Crippen LogP) is 3.29. The molecule has 0 aliphatic carbocycles. The van der Waals surface area contributed by atoms with Gasteiger partial charge in [0.05, 0.1) is 0 Å². The van der Waals surface area contributed by atoms with E-state index in [2.05, 4.69) is 40.0 Å². The summed E-state index contributed by atoms with van der Waals surface area (Å²) >= 11 is 3.43. The van der Waals surface area contributed by atoms with Crippen LogP contribution in [0.5, 0.6) is 5.75 Å². The monoisotopic (exact) mass is 340 g/mol. The van der Waals surface area contributed by atoms with Crippen molar-refractivity contribution in [1.29, 1.82) is 0 Å². The maximum Gasteiger partial charge on any atom is 0.119 e. The standard InChI is InChI=1S/C16H25BrN2O/c1-13(2)19(12-15-4-3-9-18-15)10-11-20-16-7-5-14(17)6-8-16/h5-8,13,15,18H,3-4,9-12H2,1-2H3. The number of halogens is 1. The molecule has 1 fully saturated rings. The third-order valence-electron chi connectivity index (χ3n) is 3.81. The maximum atomic E-state index is 5.82. The highest BCUT2D eigenvalue weighted by molar-refractivity contribution is 9.10. The summed E-state index contributed by atoms with van der Waals surface area (Å²) in [7, 11) is 0. The first-order valence-electron chi connectivity index (χ1n) is 7.51. The summed E-state index contributed by atoms with van der Waals surface area (Å²) in [6.07, 6.45) is 2.61. The van der Waals surface area contributed by atoms with Crippen LogP contribution in [0.15, 0.2) is 28.7 Å².